The van der Waals surface area contributed by atoms with Crippen LogP contribution in [-0.4, -0.2) is 68.5 Å². The largest absolute Gasteiger partial charge is 0.756 e. The number of carbonyl (C=O) groups is 1. The number of carbonyl (C=O) groups excluding carboxylic acids is 1. The predicted molar refractivity (Wildman–Crippen MR) is 339 cm³/mol. The molecule has 0 fully saturated rings. The highest BCUT2D eigenvalue weighted by atomic mass is 31.2. The van der Waals surface area contributed by atoms with Crippen LogP contribution in [0.4, 0.5) is 0 Å². The lowest BCUT2D eigenvalue weighted by Crippen LogP contribution is -2.46. The minimum Gasteiger partial charge on any atom is -0.756 e. The standard InChI is InChI=1S/C69H127N2O6P/c1-6-8-10-12-14-16-18-20-22-24-26-28-30-32-33-34-35-36-37-39-41-43-45-47-49-51-53-55-57-59-61-63-69(73)70-67(66-77-78(74,75)76-65-64-71(3,4)5)68(72)62-60-58-56-54-52-50-48-46-44-42-40-38-31-29-27-25-23-21-19-17-15-13-11-9-7-2/h8,10,14,16,20,22,26,28,32-33,35-36,39,41,67-68,72H,6-7,9,11-13,15,17-19,21,23-25,27,29-31,34,37-38,40,42-66H2,1-5H3,(H-,70,73,74,75)/b10-8-,16-14-,22-20-,28-26-,33-32-,36-35-,41-39-. The third-order valence-corrected chi connectivity index (χ3v) is 15.6. The van der Waals surface area contributed by atoms with Gasteiger partial charge in [0.1, 0.15) is 13.2 Å². The fourth-order valence-electron chi connectivity index (χ4n) is 9.55. The molecule has 78 heavy (non-hydrogen) atoms. The molecule has 3 unspecified atom stereocenters. The summed E-state index contributed by atoms with van der Waals surface area (Å²) in [5.74, 6) is -0.171. The molecule has 0 bridgehead atoms. The van der Waals surface area contributed by atoms with E-state index in [1.54, 1.807) is 0 Å². The minimum absolute atomic E-state index is 0.00780. The number of rotatable bonds is 60. The highest BCUT2D eigenvalue weighted by Gasteiger charge is 2.24. The molecule has 0 rings (SSSR count). The van der Waals surface area contributed by atoms with Gasteiger partial charge in [-0.3, -0.25) is 9.36 Å². The Hall–Kier alpha value is -2.32. The lowest BCUT2D eigenvalue weighted by atomic mass is 10.0. The first-order valence-corrected chi connectivity index (χ1v) is 34.4. The molecule has 3 atom stereocenters. The number of nitrogens with one attached hydrogen (secondary N) is 1. The zero-order valence-corrected chi connectivity index (χ0v) is 52.7. The number of quaternary nitrogens is 1. The van der Waals surface area contributed by atoms with Crippen molar-refractivity contribution in [2.45, 2.75) is 309 Å². The number of hydrogen-bond donors (Lipinski definition) is 2. The second-order valence-electron chi connectivity index (χ2n) is 23.4. The number of phosphoric acid groups is 1. The Kier molecular flexibility index (Phi) is 57.5. The number of aliphatic hydroxyl groups excluding tert-OH is 1. The van der Waals surface area contributed by atoms with E-state index in [2.05, 4.69) is 104 Å². The van der Waals surface area contributed by atoms with E-state index in [1.165, 1.54) is 180 Å². The van der Waals surface area contributed by atoms with Crippen LogP contribution >= 0.6 is 7.82 Å². The van der Waals surface area contributed by atoms with Gasteiger partial charge in [-0.2, -0.15) is 0 Å². The maximum absolute atomic E-state index is 13.0. The van der Waals surface area contributed by atoms with Gasteiger partial charge in [-0.05, 0) is 70.6 Å². The molecule has 8 nitrogen and oxygen atoms in total. The summed E-state index contributed by atoms with van der Waals surface area (Å²) in [6.45, 7) is 4.63. The van der Waals surface area contributed by atoms with Crippen molar-refractivity contribution >= 4 is 13.7 Å². The van der Waals surface area contributed by atoms with Crippen molar-refractivity contribution in [3.05, 3.63) is 85.1 Å². The zero-order valence-electron chi connectivity index (χ0n) is 51.9. The third-order valence-electron chi connectivity index (χ3n) is 14.6. The number of amides is 1. The van der Waals surface area contributed by atoms with Gasteiger partial charge < -0.3 is 28.8 Å². The van der Waals surface area contributed by atoms with Gasteiger partial charge in [-0.1, -0.05) is 304 Å². The lowest BCUT2D eigenvalue weighted by molar-refractivity contribution is -0.870. The Morgan fingerprint density at radius 1 is 0.462 bits per heavy atom. The maximum Gasteiger partial charge on any atom is 0.268 e. The van der Waals surface area contributed by atoms with Crippen LogP contribution in [0.15, 0.2) is 85.1 Å². The molecule has 9 heteroatoms. The first kappa shape index (κ1) is 75.7. The number of unbranched alkanes of at least 4 members (excludes halogenated alkanes) is 33. The highest BCUT2D eigenvalue weighted by Crippen LogP contribution is 2.38. The molecular formula is C69H127N2O6P. The van der Waals surface area contributed by atoms with Crippen LogP contribution in [0.2, 0.25) is 0 Å². The molecule has 0 saturated heterocycles. The molecule has 2 N–H and O–H groups in total. The molecule has 0 saturated carbocycles. The summed E-state index contributed by atoms with van der Waals surface area (Å²) < 4.78 is 23.5. The van der Waals surface area contributed by atoms with Gasteiger partial charge in [0, 0.05) is 6.42 Å². The van der Waals surface area contributed by atoms with Crippen LogP contribution in [0.25, 0.3) is 0 Å². The predicted octanol–water partition coefficient (Wildman–Crippen LogP) is 20.1. The van der Waals surface area contributed by atoms with Gasteiger partial charge >= 0.3 is 0 Å². The average molecular weight is 1110 g/mol. The van der Waals surface area contributed by atoms with Gasteiger partial charge in [0.2, 0.25) is 5.91 Å². The van der Waals surface area contributed by atoms with E-state index < -0.39 is 20.0 Å². The van der Waals surface area contributed by atoms with Crippen molar-refractivity contribution in [3.8, 4) is 0 Å². The Labute approximate surface area is 484 Å². The molecule has 1 amide bonds. The number of phosphoric ester groups is 1. The third kappa shape index (κ3) is 61.3. The molecule has 0 aromatic rings. The first-order chi connectivity index (χ1) is 38.0. The highest BCUT2D eigenvalue weighted by molar-refractivity contribution is 7.45. The van der Waals surface area contributed by atoms with Crippen LogP contribution in [-0.2, 0) is 18.4 Å². The number of nitrogens with zero attached hydrogens (tertiary/aromatic N) is 1. The molecule has 0 aliphatic heterocycles. The Morgan fingerprint density at radius 3 is 1.14 bits per heavy atom. The topological polar surface area (TPSA) is 108 Å². The fourth-order valence-corrected chi connectivity index (χ4v) is 10.3. The average Bonchev–Trinajstić information content (AvgIpc) is 3.41. The summed E-state index contributed by atoms with van der Waals surface area (Å²) in [7, 11) is 1.30. The second-order valence-corrected chi connectivity index (χ2v) is 24.9. The minimum atomic E-state index is -4.59. The van der Waals surface area contributed by atoms with Crippen molar-refractivity contribution < 1.29 is 32.9 Å². The zero-order chi connectivity index (χ0) is 57.0. The van der Waals surface area contributed by atoms with E-state index >= 15 is 0 Å². The molecule has 0 aromatic carbocycles. The molecule has 454 valence electrons. The number of likely N-dealkylation sites (N-methyl/N-ethyl adjacent to an activating group) is 1. The summed E-state index contributed by atoms with van der Waals surface area (Å²) in [5, 5.41) is 14.1. The summed E-state index contributed by atoms with van der Waals surface area (Å²) in [6.07, 6.45) is 83.5. The van der Waals surface area contributed by atoms with Gasteiger partial charge in [-0.25, -0.2) is 0 Å². The van der Waals surface area contributed by atoms with Crippen LogP contribution in [0.5, 0.6) is 0 Å². The molecular weight excluding hydrogens is 984 g/mol. The van der Waals surface area contributed by atoms with E-state index in [4.69, 9.17) is 9.05 Å². The van der Waals surface area contributed by atoms with Gasteiger partial charge in [0.05, 0.1) is 39.9 Å². The quantitative estimate of drug-likeness (QED) is 0.0272. The molecule has 0 radical (unpaired) electrons. The van der Waals surface area contributed by atoms with E-state index in [1.807, 2.05) is 21.1 Å². The van der Waals surface area contributed by atoms with Gasteiger partial charge in [-0.15, -0.1) is 0 Å². The van der Waals surface area contributed by atoms with Crippen molar-refractivity contribution in [1.82, 2.24) is 5.32 Å². The van der Waals surface area contributed by atoms with Crippen molar-refractivity contribution in [1.29, 1.82) is 0 Å². The van der Waals surface area contributed by atoms with Crippen molar-refractivity contribution in [3.63, 3.8) is 0 Å². The summed E-state index contributed by atoms with van der Waals surface area (Å²) in [5.41, 5.74) is 0. The molecule has 0 aromatic heterocycles. The van der Waals surface area contributed by atoms with Crippen LogP contribution in [0.3, 0.4) is 0 Å². The fraction of sp³-hybridized carbons (Fsp3) is 0.783. The number of hydrogen-bond acceptors (Lipinski definition) is 6. The van der Waals surface area contributed by atoms with E-state index in [-0.39, 0.29) is 19.1 Å². The van der Waals surface area contributed by atoms with E-state index in [0.717, 1.165) is 89.9 Å². The summed E-state index contributed by atoms with van der Waals surface area (Å²) in [4.78, 5) is 25.6. The molecule has 0 aliphatic carbocycles. The van der Waals surface area contributed by atoms with Crippen molar-refractivity contribution in [2.24, 2.45) is 0 Å². The van der Waals surface area contributed by atoms with Crippen molar-refractivity contribution in [2.75, 3.05) is 40.9 Å². The maximum atomic E-state index is 13.0. The summed E-state index contributed by atoms with van der Waals surface area (Å²) in [6, 6.07) is -0.811. The Bertz CT molecular complexity index is 1550. The number of aliphatic hydroxyl groups is 1. The molecule has 0 aliphatic rings. The van der Waals surface area contributed by atoms with Crippen LogP contribution in [0.1, 0.15) is 296 Å². The molecule has 0 spiro atoms. The Balaban J connectivity index is 4.13. The monoisotopic (exact) mass is 1110 g/mol. The second kappa shape index (κ2) is 59.3. The lowest BCUT2D eigenvalue weighted by Gasteiger charge is -2.30. The van der Waals surface area contributed by atoms with Crippen LogP contribution in [0, 0.1) is 0 Å². The first-order valence-electron chi connectivity index (χ1n) is 32.9. The smallest absolute Gasteiger partial charge is 0.268 e. The normalized spacial score (nSPS) is 14.3. The van der Waals surface area contributed by atoms with E-state index in [9.17, 15) is 19.4 Å². The van der Waals surface area contributed by atoms with Crippen LogP contribution < -0.4 is 10.2 Å². The summed E-state index contributed by atoms with van der Waals surface area (Å²) >= 11 is 0. The SMILES string of the molecule is CC/C=C\C/C=C\C/C=C\C/C=C\C/C=C\C/C=C\C/C=C\CCCCCCCCCCCC(=O)NC(COP(=O)([O-])OCC[N+](C)(C)C)C(O)CCCCCCCCCCCCCCCCCCCCCCCCCCC. The number of allylic oxidation sites excluding steroid dienone is 14. The van der Waals surface area contributed by atoms with Gasteiger partial charge in [0.15, 0.2) is 0 Å². The van der Waals surface area contributed by atoms with E-state index in [0.29, 0.717) is 23.9 Å². The van der Waals surface area contributed by atoms with Gasteiger partial charge in [0.25, 0.3) is 7.82 Å². The Morgan fingerprint density at radius 2 is 0.782 bits per heavy atom. The molecule has 0 heterocycles.